The molecule has 2 N–H and O–H groups in total. The molecule has 1 amide bonds. The zero-order chi connectivity index (χ0) is 22.8. The fourth-order valence-corrected chi connectivity index (χ4v) is 3.77. The largest absolute Gasteiger partial charge is 0.342 e. The number of benzene rings is 2. The number of nitrogens with zero attached hydrogens (tertiary/aromatic N) is 2. The van der Waals surface area contributed by atoms with Gasteiger partial charge in [-0.25, -0.2) is 0 Å². The van der Waals surface area contributed by atoms with Crippen molar-refractivity contribution in [3.05, 3.63) is 101 Å². The van der Waals surface area contributed by atoms with Gasteiger partial charge in [-0.05, 0) is 47.1 Å². The molecule has 164 valence electrons. The maximum atomic E-state index is 12.8. The van der Waals surface area contributed by atoms with E-state index < -0.39 is 6.04 Å². The van der Waals surface area contributed by atoms with E-state index >= 15 is 0 Å². The number of hydrogen-bond donors (Lipinski definition) is 2. The van der Waals surface area contributed by atoms with Crippen LogP contribution in [0.15, 0.2) is 79.1 Å². The summed E-state index contributed by atoms with van der Waals surface area (Å²) in [5.74, 6) is 0.188. The summed E-state index contributed by atoms with van der Waals surface area (Å²) >= 11 is 0. The molecule has 0 saturated heterocycles. The molecule has 0 bridgehead atoms. The van der Waals surface area contributed by atoms with Gasteiger partial charge in [-0.2, -0.15) is 5.26 Å². The Hall–Kier alpha value is -3.49. The van der Waals surface area contributed by atoms with Crippen LogP contribution in [0.1, 0.15) is 48.6 Å². The first kappa shape index (κ1) is 23.2. The van der Waals surface area contributed by atoms with Gasteiger partial charge < -0.3 is 5.32 Å². The molecule has 0 saturated carbocycles. The Bertz CT molecular complexity index is 1010. The van der Waals surface area contributed by atoms with E-state index in [1.807, 2.05) is 36.5 Å². The van der Waals surface area contributed by atoms with E-state index in [0.717, 1.165) is 17.5 Å². The number of rotatable bonds is 10. The number of carbonyl (C=O) groups excluding carboxylic acids is 1. The lowest BCUT2D eigenvalue weighted by Crippen LogP contribution is -2.46. The van der Waals surface area contributed by atoms with Gasteiger partial charge in [0, 0.05) is 12.4 Å². The third-order valence-electron chi connectivity index (χ3n) is 5.31. The van der Waals surface area contributed by atoms with Crippen LogP contribution in [0.4, 0.5) is 0 Å². The van der Waals surface area contributed by atoms with Gasteiger partial charge in [0.2, 0.25) is 5.91 Å². The molecule has 0 aliphatic carbocycles. The molecule has 32 heavy (non-hydrogen) atoms. The maximum Gasteiger partial charge on any atom is 0.237 e. The predicted molar refractivity (Wildman–Crippen MR) is 127 cm³/mol. The van der Waals surface area contributed by atoms with Crippen molar-refractivity contribution in [1.29, 1.82) is 5.26 Å². The molecule has 0 spiro atoms. The SMILES string of the molecule is CC(C)C[C@H](NC(c1ccccc1)c1ccc(Cc2cccnc2)cc1)C(=O)NCC#N. The van der Waals surface area contributed by atoms with Gasteiger partial charge in [-0.3, -0.25) is 15.1 Å². The molecule has 2 aromatic carbocycles. The molecule has 3 rings (SSSR count). The van der Waals surface area contributed by atoms with E-state index in [1.165, 1.54) is 11.1 Å². The van der Waals surface area contributed by atoms with Gasteiger partial charge in [0.1, 0.15) is 6.54 Å². The zero-order valence-electron chi connectivity index (χ0n) is 18.7. The van der Waals surface area contributed by atoms with Crippen LogP contribution in [0.2, 0.25) is 0 Å². The fraction of sp³-hybridized carbons (Fsp3) is 0.296. The average Bonchev–Trinajstić information content (AvgIpc) is 2.82. The molecule has 3 aromatic rings. The lowest BCUT2D eigenvalue weighted by atomic mass is 9.94. The van der Waals surface area contributed by atoms with Crippen LogP contribution in [0, 0.1) is 17.2 Å². The molecule has 2 atom stereocenters. The zero-order valence-corrected chi connectivity index (χ0v) is 18.7. The van der Waals surface area contributed by atoms with Crippen molar-refractivity contribution in [2.75, 3.05) is 6.54 Å². The minimum Gasteiger partial charge on any atom is -0.342 e. The fourth-order valence-electron chi connectivity index (χ4n) is 3.77. The summed E-state index contributed by atoms with van der Waals surface area (Å²) in [5.41, 5.74) is 4.56. The number of carbonyl (C=O) groups is 1. The summed E-state index contributed by atoms with van der Waals surface area (Å²) in [5, 5.41) is 15.1. The van der Waals surface area contributed by atoms with Crippen molar-refractivity contribution in [2.24, 2.45) is 5.92 Å². The second kappa shape index (κ2) is 11.8. The van der Waals surface area contributed by atoms with E-state index in [0.29, 0.717) is 12.3 Å². The van der Waals surface area contributed by atoms with Crippen LogP contribution < -0.4 is 10.6 Å². The molecule has 1 aromatic heterocycles. The van der Waals surface area contributed by atoms with Crippen LogP contribution in [-0.4, -0.2) is 23.5 Å². The summed E-state index contributed by atoms with van der Waals surface area (Å²) < 4.78 is 0. The number of nitriles is 1. The van der Waals surface area contributed by atoms with E-state index in [9.17, 15) is 4.79 Å². The number of nitrogens with one attached hydrogen (secondary N) is 2. The van der Waals surface area contributed by atoms with Crippen LogP contribution in [0.3, 0.4) is 0 Å². The summed E-state index contributed by atoms with van der Waals surface area (Å²) in [7, 11) is 0. The normalized spacial score (nSPS) is 12.7. The van der Waals surface area contributed by atoms with Gasteiger partial charge in [0.05, 0.1) is 18.2 Å². The molecule has 0 aliphatic heterocycles. The highest BCUT2D eigenvalue weighted by atomic mass is 16.2. The third kappa shape index (κ3) is 6.76. The first-order valence-corrected chi connectivity index (χ1v) is 11.0. The Morgan fingerprint density at radius 1 is 0.969 bits per heavy atom. The highest BCUT2D eigenvalue weighted by Crippen LogP contribution is 2.25. The third-order valence-corrected chi connectivity index (χ3v) is 5.31. The topological polar surface area (TPSA) is 77.8 Å². The van der Waals surface area contributed by atoms with Crippen LogP contribution in [0.25, 0.3) is 0 Å². The van der Waals surface area contributed by atoms with E-state index in [4.69, 9.17) is 5.26 Å². The van der Waals surface area contributed by atoms with Crippen molar-refractivity contribution in [1.82, 2.24) is 15.6 Å². The highest BCUT2D eigenvalue weighted by molar-refractivity contribution is 5.82. The monoisotopic (exact) mass is 426 g/mol. The van der Waals surface area contributed by atoms with Crippen molar-refractivity contribution >= 4 is 5.91 Å². The lowest BCUT2D eigenvalue weighted by Gasteiger charge is -2.27. The Morgan fingerprint density at radius 2 is 1.69 bits per heavy atom. The van der Waals surface area contributed by atoms with E-state index in [-0.39, 0.29) is 18.5 Å². The van der Waals surface area contributed by atoms with Crippen molar-refractivity contribution in [3.63, 3.8) is 0 Å². The standard InChI is InChI=1S/C27H30N4O/c1-20(2)17-25(27(32)30-16-14-28)31-26(23-8-4-3-5-9-23)24-12-10-21(11-13-24)18-22-7-6-15-29-19-22/h3-13,15,19-20,25-26,31H,16-18H2,1-2H3,(H,30,32)/t25-,26?/m0/s1. The molecule has 1 heterocycles. The second-order valence-corrected chi connectivity index (χ2v) is 8.35. The molecule has 0 radical (unpaired) electrons. The molecule has 0 fully saturated rings. The minimum absolute atomic E-state index is 0.00809. The van der Waals surface area contributed by atoms with Gasteiger partial charge in [-0.1, -0.05) is 74.5 Å². The minimum atomic E-state index is -0.399. The van der Waals surface area contributed by atoms with E-state index in [1.54, 1.807) is 6.20 Å². The quantitative estimate of drug-likeness (QED) is 0.471. The van der Waals surface area contributed by atoms with Gasteiger partial charge >= 0.3 is 0 Å². The van der Waals surface area contributed by atoms with Crippen LogP contribution in [-0.2, 0) is 11.2 Å². The molecular weight excluding hydrogens is 396 g/mol. The lowest BCUT2D eigenvalue weighted by molar-refractivity contribution is -0.123. The average molecular weight is 427 g/mol. The van der Waals surface area contributed by atoms with Crippen molar-refractivity contribution in [3.8, 4) is 6.07 Å². The number of aromatic nitrogens is 1. The van der Waals surface area contributed by atoms with E-state index in [2.05, 4.69) is 71.9 Å². The summed E-state index contributed by atoms with van der Waals surface area (Å²) in [6.45, 7) is 4.20. The first-order chi connectivity index (χ1) is 15.6. The Labute approximate surface area is 190 Å². The maximum absolute atomic E-state index is 12.8. The van der Waals surface area contributed by atoms with Crippen LogP contribution >= 0.6 is 0 Å². The van der Waals surface area contributed by atoms with Crippen molar-refractivity contribution in [2.45, 2.75) is 38.8 Å². The molecular formula is C27H30N4O. The van der Waals surface area contributed by atoms with Gasteiger partial charge in [-0.15, -0.1) is 0 Å². The number of amides is 1. The van der Waals surface area contributed by atoms with Gasteiger partial charge in [0.25, 0.3) is 0 Å². The summed E-state index contributed by atoms with van der Waals surface area (Å²) in [6, 6.07) is 24.1. The summed E-state index contributed by atoms with van der Waals surface area (Å²) in [4.78, 5) is 17.0. The molecule has 5 heteroatoms. The Morgan fingerprint density at radius 3 is 2.31 bits per heavy atom. The Balaban J connectivity index is 1.85. The number of hydrogen-bond acceptors (Lipinski definition) is 4. The second-order valence-electron chi connectivity index (χ2n) is 8.35. The first-order valence-electron chi connectivity index (χ1n) is 11.0. The van der Waals surface area contributed by atoms with Crippen molar-refractivity contribution < 1.29 is 4.79 Å². The molecule has 5 nitrogen and oxygen atoms in total. The number of pyridine rings is 1. The molecule has 0 aliphatic rings. The molecule has 1 unspecified atom stereocenters. The van der Waals surface area contributed by atoms with Crippen LogP contribution in [0.5, 0.6) is 0 Å². The highest BCUT2D eigenvalue weighted by Gasteiger charge is 2.25. The summed E-state index contributed by atoms with van der Waals surface area (Å²) in [6.07, 6.45) is 5.17. The smallest absolute Gasteiger partial charge is 0.237 e. The van der Waals surface area contributed by atoms with Gasteiger partial charge in [0.15, 0.2) is 0 Å². The predicted octanol–water partition coefficient (Wildman–Crippen LogP) is 4.41. The Kier molecular flexibility index (Phi) is 8.53.